The number of halogens is 2. The molecule has 0 bridgehead atoms. The van der Waals surface area contributed by atoms with Gasteiger partial charge in [0.15, 0.2) is 16.7 Å². The zero-order valence-corrected chi connectivity index (χ0v) is 23.7. The first-order valence-electron chi connectivity index (χ1n) is 12.3. The number of H-pyrrole nitrogens is 1. The van der Waals surface area contributed by atoms with Crippen LogP contribution in [0.2, 0.25) is 10.0 Å². The van der Waals surface area contributed by atoms with Gasteiger partial charge in [0.25, 0.3) is 5.56 Å². The number of rotatable bonds is 6. The minimum Gasteiger partial charge on any atom is -0.493 e. The number of aromatic amines is 1. The quantitative estimate of drug-likeness (QED) is 0.155. The predicted molar refractivity (Wildman–Crippen MR) is 161 cm³/mol. The Morgan fingerprint density at radius 3 is 2.50 bits per heavy atom. The summed E-state index contributed by atoms with van der Waals surface area (Å²) in [6, 6.07) is 20.4. The molecule has 0 spiro atoms. The smallest absolute Gasteiger partial charge is 0.257 e. The van der Waals surface area contributed by atoms with Crippen LogP contribution in [0.25, 0.3) is 16.6 Å². The molecule has 1 unspecified atom stereocenters. The molecule has 10 heteroatoms. The van der Waals surface area contributed by atoms with Crippen LogP contribution in [0.4, 0.5) is 5.82 Å². The first-order chi connectivity index (χ1) is 19.4. The number of anilines is 1. The van der Waals surface area contributed by atoms with Crippen LogP contribution in [0.5, 0.6) is 17.2 Å². The average Bonchev–Trinajstić information content (AvgIpc) is 2.97. The largest absolute Gasteiger partial charge is 0.493 e. The fourth-order valence-corrected chi connectivity index (χ4v) is 5.36. The van der Waals surface area contributed by atoms with Crippen molar-refractivity contribution in [2.75, 3.05) is 18.7 Å². The number of aromatic nitrogens is 3. The van der Waals surface area contributed by atoms with E-state index in [1.54, 1.807) is 31.5 Å². The van der Waals surface area contributed by atoms with E-state index in [2.05, 4.69) is 20.3 Å². The standard InChI is InChI=1S/C30H22Cl2N4O3S/c1-38-26-13-17(5-10-25(26)39-24-11-12-33-23-14-19(32)8-9-20(23)24)21-15-22(16-3-6-18(31)7-4-16)34-28-27(21)29(37)36-30(35-28)40-2/h3-15,21H,1-2H3,(H2,34,35,36,37). The SMILES string of the molecule is COc1cc(C2C=C(c3ccc(Cl)cc3)Nc3nc(SC)[nH]c(=O)c32)ccc1Oc1ccnc2cc(Cl)ccc12. The van der Waals surface area contributed by atoms with E-state index in [0.717, 1.165) is 27.7 Å². The Balaban J connectivity index is 1.43. The molecule has 0 amide bonds. The third-order valence-corrected chi connectivity index (χ3v) is 7.68. The summed E-state index contributed by atoms with van der Waals surface area (Å²) in [5.74, 6) is 1.76. The van der Waals surface area contributed by atoms with Crippen LogP contribution in [0, 0.1) is 0 Å². The van der Waals surface area contributed by atoms with Gasteiger partial charge in [0, 0.05) is 33.2 Å². The normalized spacial score (nSPS) is 14.3. The van der Waals surface area contributed by atoms with Crippen LogP contribution < -0.4 is 20.3 Å². The number of ether oxygens (including phenoxy) is 2. The summed E-state index contributed by atoms with van der Waals surface area (Å²) in [4.78, 5) is 25.2. The Bertz CT molecular complexity index is 1840. The number of methoxy groups -OCH3 is 1. The van der Waals surface area contributed by atoms with Crippen LogP contribution in [-0.2, 0) is 0 Å². The first kappa shape index (κ1) is 26.3. The van der Waals surface area contributed by atoms with Gasteiger partial charge in [0.05, 0.1) is 18.2 Å². The topological polar surface area (TPSA) is 89.1 Å². The third kappa shape index (κ3) is 5.01. The Kier molecular flexibility index (Phi) is 7.14. The van der Waals surface area contributed by atoms with E-state index in [1.807, 2.05) is 60.9 Å². The molecule has 5 aromatic rings. The van der Waals surface area contributed by atoms with Crippen LogP contribution in [0.1, 0.15) is 22.6 Å². The Morgan fingerprint density at radius 2 is 1.73 bits per heavy atom. The summed E-state index contributed by atoms with van der Waals surface area (Å²) in [5.41, 5.74) is 3.62. The molecular weight excluding hydrogens is 567 g/mol. The molecule has 2 N–H and O–H groups in total. The van der Waals surface area contributed by atoms with Crippen LogP contribution in [0.3, 0.4) is 0 Å². The van der Waals surface area contributed by atoms with Crippen molar-refractivity contribution in [3.8, 4) is 17.2 Å². The van der Waals surface area contributed by atoms with Gasteiger partial charge in [-0.25, -0.2) is 4.98 Å². The van der Waals surface area contributed by atoms with E-state index in [-0.39, 0.29) is 5.56 Å². The highest BCUT2D eigenvalue weighted by Gasteiger charge is 2.28. The molecule has 0 aliphatic carbocycles. The molecule has 0 saturated heterocycles. The van der Waals surface area contributed by atoms with Gasteiger partial charge in [0.2, 0.25) is 0 Å². The van der Waals surface area contributed by atoms with Crippen molar-refractivity contribution in [3.63, 3.8) is 0 Å². The monoisotopic (exact) mass is 588 g/mol. The van der Waals surface area contributed by atoms with E-state index in [4.69, 9.17) is 32.7 Å². The average molecular weight is 590 g/mol. The highest BCUT2D eigenvalue weighted by Crippen LogP contribution is 2.41. The Labute approximate surface area is 244 Å². The second kappa shape index (κ2) is 10.9. The number of hydrogen-bond donors (Lipinski definition) is 2. The van der Waals surface area contributed by atoms with Gasteiger partial charge >= 0.3 is 0 Å². The number of hydrogen-bond acceptors (Lipinski definition) is 7. The molecule has 6 rings (SSSR count). The molecule has 1 aliphatic rings. The number of pyridine rings is 1. The highest BCUT2D eigenvalue weighted by molar-refractivity contribution is 7.98. The van der Waals surface area contributed by atoms with E-state index in [9.17, 15) is 4.79 Å². The predicted octanol–water partition coefficient (Wildman–Crippen LogP) is 7.75. The van der Waals surface area contributed by atoms with Crippen molar-refractivity contribution < 1.29 is 9.47 Å². The van der Waals surface area contributed by atoms with Gasteiger partial charge in [-0.1, -0.05) is 53.2 Å². The summed E-state index contributed by atoms with van der Waals surface area (Å²) < 4.78 is 12.0. The number of benzene rings is 3. The lowest BCUT2D eigenvalue weighted by atomic mass is 9.88. The van der Waals surface area contributed by atoms with Gasteiger partial charge < -0.3 is 19.8 Å². The van der Waals surface area contributed by atoms with Crippen molar-refractivity contribution in [2.45, 2.75) is 11.1 Å². The summed E-state index contributed by atoms with van der Waals surface area (Å²) in [7, 11) is 1.58. The van der Waals surface area contributed by atoms with Crippen molar-refractivity contribution in [1.82, 2.24) is 15.0 Å². The summed E-state index contributed by atoms with van der Waals surface area (Å²) >= 11 is 13.6. The fraction of sp³-hybridized carbons (Fsp3) is 0.100. The maximum absolute atomic E-state index is 13.3. The number of thioether (sulfide) groups is 1. The Morgan fingerprint density at radius 1 is 0.925 bits per heavy atom. The molecule has 40 heavy (non-hydrogen) atoms. The van der Waals surface area contributed by atoms with E-state index >= 15 is 0 Å². The molecule has 200 valence electrons. The molecule has 1 atom stereocenters. The zero-order chi connectivity index (χ0) is 27.8. The lowest BCUT2D eigenvalue weighted by molar-refractivity contribution is 0.379. The second-order valence-corrected chi connectivity index (χ2v) is 10.7. The first-order valence-corrected chi connectivity index (χ1v) is 14.2. The fourth-order valence-electron chi connectivity index (χ4n) is 4.69. The number of nitrogens with zero attached hydrogens (tertiary/aromatic N) is 2. The maximum Gasteiger partial charge on any atom is 0.257 e. The minimum atomic E-state index is -0.402. The summed E-state index contributed by atoms with van der Waals surface area (Å²) in [5, 5.41) is 5.93. The molecule has 2 aromatic heterocycles. The van der Waals surface area contributed by atoms with E-state index < -0.39 is 5.92 Å². The molecule has 0 saturated carbocycles. The molecule has 3 aromatic carbocycles. The third-order valence-electron chi connectivity index (χ3n) is 6.61. The lowest BCUT2D eigenvalue weighted by Crippen LogP contribution is -2.25. The van der Waals surface area contributed by atoms with Gasteiger partial charge in [-0.3, -0.25) is 9.78 Å². The lowest BCUT2D eigenvalue weighted by Gasteiger charge is -2.26. The van der Waals surface area contributed by atoms with Gasteiger partial charge in [-0.15, -0.1) is 0 Å². The molecular formula is C30H22Cl2N4O3S. The van der Waals surface area contributed by atoms with Crippen LogP contribution in [-0.4, -0.2) is 28.3 Å². The maximum atomic E-state index is 13.3. The van der Waals surface area contributed by atoms with Crippen molar-refractivity contribution >= 4 is 57.4 Å². The van der Waals surface area contributed by atoms with Gasteiger partial charge in [0.1, 0.15) is 11.6 Å². The van der Waals surface area contributed by atoms with Crippen molar-refractivity contribution in [2.24, 2.45) is 0 Å². The molecule has 1 aliphatic heterocycles. The van der Waals surface area contributed by atoms with Crippen molar-refractivity contribution in [3.05, 3.63) is 116 Å². The Hall–Kier alpha value is -3.98. The molecule has 0 radical (unpaired) electrons. The van der Waals surface area contributed by atoms with E-state index in [1.165, 1.54) is 11.8 Å². The van der Waals surface area contributed by atoms with E-state index in [0.29, 0.717) is 43.8 Å². The molecule has 3 heterocycles. The number of fused-ring (bicyclic) bond motifs is 2. The number of nitrogens with one attached hydrogen (secondary N) is 2. The zero-order valence-electron chi connectivity index (χ0n) is 21.4. The summed E-state index contributed by atoms with van der Waals surface area (Å²) in [6.07, 6.45) is 5.55. The summed E-state index contributed by atoms with van der Waals surface area (Å²) in [6.45, 7) is 0. The second-order valence-electron chi connectivity index (χ2n) is 9.01. The van der Waals surface area contributed by atoms with Crippen molar-refractivity contribution in [1.29, 1.82) is 0 Å². The van der Waals surface area contributed by atoms with Gasteiger partial charge in [-0.05, 0) is 72.0 Å². The van der Waals surface area contributed by atoms with Crippen LogP contribution >= 0.6 is 35.0 Å². The van der Waals surface area contributed by atoms with Crippen LogP contribution in [0.15, 0.2) is 89.0 Å². The highest BCUT2D eigenvalue weighted by atomic mass is 35.5. The minimum absolute atomic E-state index is 0.209. The molecule has 7 nitrogen and oxygen atoms in total. The number of allylic oxidation sites excluding steroid dienone is 1. The van der Waals surface area contributed by atoms with Gasteiger partial charge in [-0.2, -0.15) is 0 Å². The molecule has 0 fully saturated rings.